The van der Waals surface area contributed by atoms with Crippen molar-refractivity contribution in [2.24, 2.45) is 0 Å². The van der Waals surface area contributed by atoms with Crippen LogP contribution in [0.2, 0.25) is 0 Å². The van der Waals surface area contributed by atoms with E-state index in [0.717, 1.165) is 27.5 Å². The third-order valence-electron chi connectivity index (χ3n) is 4.30. The summed E-state index contributed by atoms with van der Waals surface area (Å²) in [5, 5.41) is 1.93. The average molecular weight is 336 g/mol. The highest BCUT2D eigenvalue weighted by atomic mass is 32.1. The van der Waals surface area contributed by atoms with E-state index in [1.807, 2.05) is 66.0 Å². The van der Waals surface area contributed by atoms with Gasteiger partial charge in [-0.1, -0.05) is 36.4 Å². The lowest BCUT2D eigenvalue weighted by Gasteiger charge is -2.18. The van der Waals surface area contributed by atoms with E-state index in [4.69, 9.17) is 9.47 Å². The fraction of sp³-hybridized carbons (Fsp3) is 0.150. The highest BCUT2D eigenvalue weighted by molar-refractivity contribution is 7.12. The van der Waals surface area contributed by atoms with E-state index in [9.17, 15) is 4.79 Å². The van der Waals surface area contributed by atoms with E-state index < -0.39 is 0 Å². The van der Waals surface area contributed by atoms with E-state index in [1.165, 1.54) is 11.3 Å². The van der Waals surface area contributed by atoms with Crippen molar-refractivity contribution >= 4 is 17.1 Å². The number of ketones is 1. The third kappa shape index (κ3) is 2.49. The molecule has 1 aromatic heterocycles. The number of hydrogen-bond acceptors (Lipinski definition) is 4. The lowest BCUT2D eigenvalue weighted by molar-refractivity contribution is 0.0900. The third-order valence-corrected chi connectivity index (χ3v) is 5.19. The van der Waals surface area contributed by atoms with Crippen molar-refractivity contribution in [2.75, 3.05) is 7.11 Å². The Labute approximate surface area is 144 Å². The summed E-state index contributed by atoms with van der Waals surface area (Å²) in [6.07, 6.45) is -0.317. The van der Waals surface area contributed by atoms with Crippen LogP contribution in [0.5, 0.6) is 11.5 Å². The predicted octanol–water partition coefficient (Wildman–Crippen LogP) is 4.86. The van der Waals surface area contributed by atoms with Gasteiger partial charge < -0.3 is 9.47 Å². The van der Waals surface area contributed by atoms with E-state index in [1.54, 1.807) is 7.11 Å². The molecule has 2 aromatic carbocycles. The Morgan fingerprint density at radius 1 is 1.04 bits per heavy atom. The summed E-state index contributed by atoms with van der Waals surface area (Å²) in [6, 6.07) is 19.3. The monoisotopic (exact) mass is 336 g/mol. The first-order chi connectivity index (χ1) is 11.8. The van der Waals surface area contributed by atoms with Crippen molar-refractivity contribution in [3.8, 4) is 11.5 Å². The summed E-state index contributed by atoms with van der Waals surface area (Å²) in [6.45, 7) is 0. The molecule has 0 radical (unpaired) electrons. The Morgan fingerprint density at radius 2 is 1.83 bits per heavy atom. The van der Waals surface area contributed by atoms with E-state index in [2.05, 4.69) is 0 Å². The molecule has 3 aromatic rings. The van der Waals surface area contributed by atoms with Crippen molar-refractivity contribution in [3.05, 3.63) is 82.0 Å². The number of para-hydroxylation sites is 1. The molecule has 4 rings (SSSR count). The molecule has 1 aliphatic heterocycles. The fourth-order valence-electron chi connectivity index (χ4n) is 3.12. The normalized spacial score (nSPS) is 18.7. The Hall–Kier alpha value is -2.59. The average Bonchev–Trinajstić information content (AvgIpc) is 3.29. The van der Waals surface area contributed by atoms with Gasteiger partial charge in [0.05, 0.1) is 17.9 Å². The number of Topliss-reactive ketones (excluding diaryl/α,β-unsaturated/α-hetero) is 1. The van der Waals surface area contributed by atoms with Gasteiger partial charge in [0.1, 0.15) is 17.6 Å². The molecule has 3 nitrogen and oxygen atoms in total. The smallest absolute Gasteiger partial charge is 0.184 e. The number of carbonyl (C=O) groups is 1. The molecule has 2 heterocycles. The summed E-state index contributed by atoms with van der Waals surface area (Å²) in [7, 11) is 1.64. The van der Waals surface area contributed by atoms with Gasteiger partial charge in [0.25, 0.3) is 0 Å². The molecule has 0 saturated heterocycles. The van der Waals surface area contributed by atoms with Crippen LogP contribution in [0.15, 0.2) is 66.0 Å². The maximum absolute atomic E-state index is 13.1. The molecule has 0 N–H and O–H groups in total. The Morgan fingerprint density at radius 3 is 2.54 bits per heavy atom. The number of fused-ring (bicyclic) bond motifs is 1. The van der Waals surface area contributed by atoms with Gasteiger partial charge in [-0.25, -0.2) is 0 Å². The molecule has 4 heteroatoms. The molecule has 120 valence electrons. The second kappa shape index (κ2) is 6.13. The first-order valence-electron chi connectivity index (χ1n) is 7.75. The minimum absolute atomic E-state index is 0.107. The fourth-order valence-corrected chi connectivity index (χ4v) is 3.82. The Bertz CT molecular complexity index is 853. The highest BCUT2D eigenvalue weighted by Crippen LogP contribution is 2.47. The van der Waals surface area contributed by atoms with Gasteiger partial charge in [0, 0.05) is 5.56 Å². The maximum Gasteiger partial charge on any atom is 0.184 e. The standard InChI is InChI=1S/C20H16O3S/c1-22-14-10-8-13(9-11-14)20-18(19(21)17-7-4-12-24-17)15-5-2-3-6-16(15)23-20/h2-12,18,20H,1H3/t18-,20+/m0/s1. The van der Waals surface area contributed by atoms with Crippen LogP contribution in [-0.2, 0) is 0 Å². The second-order valence-electron chi connectivity index (χ2n) is 5.67. The van der Waals surface area contributed by atoms with Gasteiger partial charge in [0.2, 0.25) is 0 Å². The largest absolute Gasteiger partial charge is 0.497 e. The molecule has 0 saturated carbocycles. The minimum atomic E-state index is -0.326. The molecule has 0 amide bonds. The van der Waals surface area contributed by atoms with Crippen molar-refractivity contribution < 1.29 is 14.3 Å². The van der Waals surface area contributed by atoms with Crippen LogP contribution < -0.4 is 9.47 Å². The van der Waals surface area contributed by atoms with E-state index in [0.29, 0.717) is 0 Å². The van der Waals surface area contributed by atoms with Gasteiger partial charge in [-0.3, -0.25) is 4.79 Å². The van der Waals surface area contributed by atoms with Crippen molar-refractivity contribution in [1.29, 1.82) is 0 Å². The maximum atomic E-state index is 13.1. The van der Waals surface area contributed by atoms with Crippen LogP contribution in [0.25, 0.3) is 0 Å². The number of benzene rings is 2. The predicted molar refractivity (Wildman–Crippen MR) is 94.2 cm³/mol. The molecule has 0 spiro atoms. The van der Waals surface area contributed by atoms with E-state index in [-0.39, 0.29) is 17.8 Å². The van der Waals surface area contributed by atoms with Gasteiger partial charge in [0.15, 0.2) is 5.78 Å². The van der Waals surface area contributed by atoms with Crippen LogP contribution in [0.4, 0.5) is 0 Å². The number of ether oxygens (including phenoxy) is 2. The van der Waals surface area contributed by atoms with Crippen LogP contribution >= 0.6 is 11.3 Å². The van der Waals surface area contributed by atoms with Crippen LogP contribution in [0.1, 0.15) is 32.8 Å². The Kier molecular flexibility index (Phi) is 3.82. The van der Waals surface area contributed by atoms with Crippen molar-refractivity contribution in [1.82, 2.24) is 0 Å². The lowest BCUT2D eigenvalue weighted by atomic mass is 9.87. The molecule has 0 unspecified atom stereocenters. The molecular weight excluding hydrogens is 320 g/mol. The van der Waals surface area contributed by atoms with Gasteiger partial charge >= 0.3 is 0 Å². The summed E-state index contributed by atoms with van der Waals surface area (Å²) in [4.78, 5) is 13.8. The summed E-state index contributed by atoms with van der Waals surface area (Å²) >= 11 is 1.47. The second-order valence-corrected chi connectivity index (χ2v) is 6.62. The number of thiophene rings is 1. The van der Waals surface area contributed by atoms with Gasteiger partial charge in [-0.2, -0.15) is 0 Å². The number of hydrogen-bond donors (Lipinski definition) is 0. The van der Waals surface area contributed by atoms with Gasteiger partial charge in [-0.15, -0.1) is 11.3 Å². The molecule has 1 aliphatic rings. The first-order valence-corrected chi connectivity index (χ1v) is 8.63. The number of carbonyl (C=O) groups excluding carboxylic acids is 1. The molecule has 0 aliphatic carbocycles. The van der Waals surface area contributed by atoms with Crippen LogP contribution in [0.3, 0.4) is 0 Å². The topological polar surface area (TPSA) is 35.5 Å². The Balaban J connectivity index is 1.76. The first kappa shape index (κ1) is 15.0. The molecule has 2 atom stereocenters. The minimum Gasteiger partial charge on any atom is -0.497 e. The number of rotatable bonds is 4. The zero-order chi connectivity index (χ0) is 16.5. The zero-order valence-corrected chi connectivity index (χ0v) is 14.0. The highest BCUT2D eigenvalue weighted by Gasteiger charge is 2.40. The SMILES string of the molecule is COc1ccc([C@H]2Oc3ccccc3[C@H]2C(=O)c2cccs2)cc1. The summed E-state index contributed by atoms with van der Waals surface area (Å²) in [5.74, 6) is 1.35. The molecule has 0 fully saturated rings. The van der Waals surface area contributed by atoms with Crippen molar-refractivity contribution in [3.63, 3.8) is 0 Å². The lowest BCUT2D eigenvalue weighted by Crippen LogP contribution is -2.18. The van der Waals surface area contributed by atoms with Crippen molar-refractivity contribution in [2.45, 2.75) is 12.0 Å². The molecule has 0 bridgehead atoms. The molecule has 24 heavy (non-hydrogen) atoms. The van der Waals surface area contributed by atoms with Crippen LogP contribution in [0, 0.1) is 0 Å². The summed E-state index contributed by atoms with van der Waals surface area (Å²) in [5.41, 5.74) is 1.93. The van der Waals surface area contributed by atoms with Crippen LogP contribution in [-0.4, -0.2) is 12.9 Å². The van der Waals surface area contributed by atoms with E-state index >= 15 is 0 Å². The zero-order valence-electron chi connectivity index (χ0n) is 13.1. The summed E-state index contributed by atoms with van der Waals surface area (Å²) < 4.78 is 11.4. The van der Waals surface area contributed by atoms with Gasteiger partial charge in [-0.05, 0) is 35.2 Å². The molecular formula is C20H16O3S. The quantitative estimate of drug-likeness (QED) is 0.639. The number of methoxy groups -OCH3 is 1.